The first-order valence-corrected chi connectivity index (χ1v) is 26.7. The second-order valence-electron chi connectivity index (χ2n) is 16.1. The zero-order chi connectivity index (χ0) is 46.0. The molecule has 0 heterocycles. The van der Waals surface area contributed by atoms with Gasteiger partial charge >= 0.3 is 27.6 Å². The van der Waals surface area contributed by atoms with Gasteiger partial charge in [0.05, 0.1) is 26.4 Å². The Hall–Kier alpha value is -1.48. The topological polar surface area (TPSA) is 225 Å². The van der Waals surface area contributed by atoms with E-state index in [4.69, 9.17) is 9.47 Å². The van der Waals surface area contributed by atoms with Gasteiger partial charge in [-0.15, -0.1) is 0 Å². The Morgan fingerprint density at radius 2 is 0.726 bits per heavy atom. The molecule has 0 radical (unpaired) electrons. The molecule has 0 aliphatic heterocycles. The third kappa shape index (κ3) is 43.8. The number of allylic oxidation sites excluding steroid dienone is 4. The van der Waals surface area contributed by atoms with E-state index in [0.717, 1.165) is 32.1 Å². The second-order valence-corrected chi connectivity index (χ2v) is 19.0. The standard InChI is InChI=1S/C45H86O15P2/c1-3-5-7-9-11-13-15-17-18-19-20-22-24-26-28-30-32-34-45(50)56-36-42(47)38-58-62(53,54)60-40-43(48)39-59-61(51,52)57-37-41(46)35-55-44(49)33-31-29-27-25-23-21-16-14-12-10-8-6-4-2/h21,23,27,29,41-43,46-48H,3-20,22,24-26,28,30-40H2,1-2H3,(H,51,52)(H,53,54)/b23-21-,29-27+. The number of unbranched alkanes of at least 4 members (excludes halogenated alkanes) is 22. The number of carbonyl (C=O) groups is 2. The van der Waals surface area contributed by atoms with Crippen LogP contribution in [-0.2, 0) is 46.3 Å². The number of carbonyl (C=O) groups excluding carboxylic acids is 2. The predicted molar refractivity (Wildman–Crippen MR) is 242 cm³/mol. The number of phosphoric ester groups is 2. The van der Waals surface area contributed by atoms with Gasteiger partial charge in [0.25, 0.3) is 0 Å². The van der Waals surface area contributed by atoms with Crippen LogP contribution in [-0.4, -0.2) is 95.0 Å². The number of hydrogen-bond acceptors (Lipinski definition) is 13. The van der Waals surface area contributed by atoms with Crippen LogP contribution in [0.2, 0.25) is 0 Å². The lowest BCUT2D eigenvalue weighted by Gasteiger charge is -2.19. The zero-order valence-electron chi connectivity index (χ0n) is 38.3. The molecular formula is C45H86O15P2. The zero-order valence-corrected chi connectivity index (χ0v) is 40.1. The summed E-state index contributed by atoms with van der Waals surface area (Å²) in [5.41, 5.74) is 0. The number of hydrogen-bond donors (Lipinski definition) is 5. The van der Waals surface area contributed by atoms with Gasteiger partial charge in [-0.05, 0) is 32.1 Å². The summed E-state index contributed by atoms with van der Waals surface area (Å²) in [6, 6.07) is 0. The van der Waals surface area contributed by atoms with Gasteiger partial charge in [-0.1, -0.05) is 173 Å². The lowest BCUT2D eigenvalue weighted by molar-refractivity contribution is -0.148. The molecule has 0 rings (SSSR count). The number of aliphatic hydroxyl groups is 3. The minimum atomic E-state index is -4.79. The predicted octanol–water partition coefficient (Wildman–Crippen LogP) is 10.5. The van der Waals surface area contributed by atoms with Crippen LogP contribution in [0.3, 0.4) is 0 Å². The Bertz CT molecular complexity index is 1220. The Labute approximate surface area is 373 Å². The molecule has 0 amide bonds. The number of aliphatic hydroxyl groups excluding tert-OH is 3. The van der Waals surface area contributed by atoms with Crippen LogP contribution in [0.15, 0.2) is 24.3 Å². The quantitative estimate of drug-likeness (QED) is 0.0166. The Morgan fingerprint density at radius 3 is 1.11 bits per heavy atom. The first-order valence-electron chi connectivity index (χ1n) is 23.7. The van der Waals surface area contributed by atoms with Crippen molar-refractivity contribution in [3.05, 3.63) is 24.3 Å². The van der Waals surface area contributed by atoms with Gasteiger partial charge < -0.3 is 34.6 Å². The normalized spacial score (nSPS) is 15.4. The maximum atomic E-state index is 12.1. The van der Waals surface area contributed by atoms with Gasteiger partial charge in [-0.25, -0.2) is 9.13 Å². The van der Waals surface area contributed by atoms with Crippen molar-refractivity contribution >= 4 is 27.6 Å². The smallest absolute Gasteiger partial charge is 0.463 e. The van der Waals surface area contributed by atoms with E-state index in [9.17, 15) is 43.8 Å². The van der Waals surface area contributed by atoms with Gasteiger partial charge in [-0.2, -0.15) is 0 Å². The number of rotatable bonds is 46. The van der Waals surface area contributed by atoms with E-state index in [2.05, 4.69) is 44.1 Å². The average Bonchev–Trinajstić information content (AvgIpc) is 3.24. The summed E-state index contributed by atoms with van der Waals surface area (Å²) >= 11 is 0. The maximum Gasteiger partial charge on any atom is 0.472 e. The molecule has 0 aromatic heterocycles. The molecule has 0 spiro atoms. The summed E-state index contributed by atoms with van der Waals surface area (Å²) in [4.78, 5) is 43.6. The molecule has 0 fully saturated rings. The summed E-state index contributed by atoms with van der Waals surface area (Å²) in [5, 5.41) is 30.0. The van der Waals surface area contributed by atoms with E-state index in [0.29, 0.717) is 12.8 Å². The van der Waals surface area contributed by atoms with E-state index >= 15 is 0 Å². The third-order valence-electron chi connectivity index (χ3n) is 9.92. The summed E-state index contributed by atoms with van der Waals surface area (Å²) in [6.07, 6.45) is 34.7. The summed E-state index contributed by atoms with van der Waals surface area (Å²) in [5.74, 6) is -1.06. The van der Waals surface area contributed by atoms with Crippen molar-refractivity contribution < 1.29 is 71.4 Å². The van der Waals surface area contributed by atoms with E-state index in [-0.39, 0.29) is 12.8 Å². The molecule has 5 N–H and O–H groups in total. The van der Waals surface area contributed by atoms with Crippen molar-refractivity contribution in [2.45, 2.75) is 212 Å². The third-order valence-corrected chi connectivity index (χ3v) is 11.8. The minimum Gasteiger partial charge on any atom is -0.463 e. The Morgan fingerprint density at radius 1 is 0.419 bits per heavy atom. The highest BCUT2D eigenvalue weighted by Gasteiger charge is 2.28. The summed E-state index contributed by atoms with van der Waals surface area (Å²) in [7, 11) is -9.57. The highest BCUT2D eigenvalue weighted by Crippen LogP contribution is 2.45. The fraction of sp³-hybridized carbons (Fsp3) is 0.867. The largest absolute Gasteiger partial charge is 0.472 e. The number of phosphoric acid groups is 2. The number of esters is 2. The van der Waals surface area contributed by atoms with Crippen LogP contribution in [0.4, 0.5) is 0 Å². The average molecular weight is 929 g/mol. The monoisotopic (exact) mass is 929 g/mol. The van der Waals surface area contributed by atoms with Crippen molar-refractivity contribution in [2.75, 3.05) is 39.6 Å². The highest BCUT2D eigenvalue weighted by atomic mass is 31.2. The van der Waals surface area contributed by atoms with Gasteiger partial charge in [0.15, 0.2) is 0 Å². The van der Waals surface area contributed by atoms with E-state index in [1.807, 2.05) is 12.2 Å². The molecule has 366 valence electrons. The molecule has 5 unspecified atom stereocenters. The Balaban J connectivity index is 3.91. The van der Waals surface area contributed by atoms with Gasteiger partial charge in [0.1, 0.15) is 31.5 Å². The number of ether oxygens (including phenoxy) is 2. The van der Waals surface area contributed by atoms with Crippen molar-refractivity contribution in [3.63, 3.8) is 0 Å². The van der Waals surface area contributed by atoms with Gasteiger partial charge in [0, 0.05) is 12.8 Å². The van der Waals surface area contributed by atoms with Gasteiger partial charge in [0.2, 0.25) is 0 Å². The first-order chi connectivity index (χ1) is 29.8. The molecule has 0 saturated heterocycles. The molecule has 0 aliphatic rings. The lowest BCUT2D eigenvalue weighted by Crippen LogP contribution is -2.25. The van der Waals surface area contributed by atoms with Crippen molar-refractivity contribution in [3.8, 4) is 0 Å². The van der Waals surface area contributed by atoms with Crippen LogP contribution >= 0.6 is 15.6 Å². The van der Waals surface area contributed by atoms with Crippen LogP contribution in [0, 0.1) is 0 Å². The van der Waals surface area contributed by atoms with E-state index in [1.165, 1.54) is 122 Å². The van der Waals surface area contributed by atoms with E-state index < -0.39 is 85.5 Å². The molecule has 15 nitrogen and oxygen atoms in total. The SMILES string of the molecule is CCCCCCCC/C=C\C/C=C/CCC(=O)OCC(O)COP(=O)(O)OCC(O)COP(=O)(O)OCC(O)COC(=O)CCCCCCCCCCCCCCCCCCC. The molecule has 0 saturated carbocycles. The Kier molecular flexibility index (Phi) is 41.2. The van der Waals surface area contributed by atoms with E-state index in [1.54, 1.807) is 0 Å². The fourth-order valence-electron chi connectivity index (χ4n) is 6.21. The van der Waals surface area contributed by atoms with Crippen molar-refractivity contribution in [2.24, 2.45) is 0 Å². The molecule has 17 heteroatoms. The first kappa shape index (κ1) is 60.5. The van der Waals surface area contributed by atoms with Gasteiger partial charge in [-0.3, -0.25) is 27.7 Å². The van der Waals surface area contributed by atoms with Crippen LogP contribution in [0.25, 0.3) is 0 Å². The molecule has 62 heavy (non-hydrogen) atoms. The van der Waals surface area contributed by atoms with Crippen molar-refractivity contribution in [1.82, 2.24) is 0 Å². The highest BCUT2D eigenvalue weighted by molar-refractivity contribution is 7.47. The molecule has 0 aromatic rings. The molecular weight excluding hydrogens is 842 g/mol. The van der Waals surface area contributed by atoms with Crippen LogP contribution in [0.1, 0.15) is 194 Å². The fourth-order valence-corrected chi connectivity index (χ4v) is 7.80. The second kappa shape index (κ2) is 42.2. The lowest BCUT2D eigenvalue weighted by atomic mass is 10.0. The molecule has 0 bridgehead atoms. The van der Waals surface area contributed by atoms with Crippen LogP contribution in [0.5, 0.6) is 0 Å². The maximum absolute atomic E-state index is 12.1. The molecule has 0 aromatic carbocycles. The minimum absolute atomic E-state index is 0.0919. The van der Waals surface area contributed by atoms with Crippen LogP contribution < -0.4 is 0 Å². The summed E-state index contributed by atoms with van der Waals surface area (Å²) in [6.45, 7) is 0.362. The molecule has 0 aliphatic carbocycles. The molecule has 5 atom stereocenters. The van der Waals surface area contributed by atoms with Crippen molar-refractivity contribution in [1.29, 1.82) is 0 Å². The summed E-state index contributed by atoms with van der Waals surface area (Å²) < 4.78 is 52.9.